The fourth-order valence-corrected chi connectivity index (χ4v) is 4.81. The highest BCUT2D eigenvalue weighted by atomic mass is 16.2. The number of benzene rings is 1. The van der Waals surface area contributed by atoms with Crippen LogP contribution in [0.15, 0.2) is 42.9 Å². The van der Waals surface area contributed by atoms with Crippen molar-refractivity contribution in [2.24, 2.45) is 12.5 Å². The summed E-state index contributed by atoms with van der Waals surface area (Å²) >= 11 is 0. The molecule has 0 bridgehead atoms. The van der Waals surface area contributed by atoms with Gasteiger partial charge in [-0.05, 0) is 38.4 Å². The summed E-state index contributed by atoms with van der Waals surface area (Å²) in [5, 5.41) is 3.17. The maximum absolute atomic E-state index is 13.5. The number of carbonyl (C=O) groups excluding carboxylic acids is 2. The van der Waals surface area contributed by atoms with Gasteiger partial charge < -0.3 is 19.7 Å². The Bertz CT molecular complexity index is 880. The second-order valence-corrected chi connectivity index (χ2v) is 8.34. The van der Waals surface area contributed by atoms with E-state index in [1.54, 1.807) is 17.1 Å². The number of aryl methyl sites for hydroxylation is 1. The number of hydrogen-bond acceptors (Lipinski definition) is 4. The molecule has 1 aromatic carbocycles. The summed E-state index contributed by atoms with van der Waals surface area (Å²) in [6.45, 7) is 2.77. The SMILES string of the molecule is CN1CC[C@]2(C(=O)NCc3ccccc3)CCCN(C(=O)c3cncn3C)[C@H]2C1. The maximum Gasteiger partial charge on any atom is 0.272 e. The second kappa shape index (κ2) is 7.99. The zero-order chi connectivity index (χ0) is 20.4. The van der Waals surface area contributed by atoms with Gasteiger partial charge in [-0.15, -0.1) is 0 Å². The summed E-state index contributed by atoms with van der Waals surface area (Å²) < 4.78 is 1.75. The van der Waals surface area contributed by atoms with Crippen molar-refractivity contribution in [2.75, 3.05) is 26.7 Å². The van der Waals surface area contributed by atoms with Gasteiger partial charge in [0.15, 0.2) is 0 Å². The third-order valence-corrected chi connectivity index (χ3v) is 6.51. The lowest BCUT2D eigenvalue weighted by Crippen LogP contribution is -2.66. The van der Waals surface area contributed by atoms with E-state index in [0.717, 1.165) is 31.4 Å². The van der Waals surface area contributed by atoms with Gasteiger partial charge in [0.2, 0.25) is 5.91 Å². The first kappa shape index (κ1) is 19.6. The Kier molecular flexibility index (Phi) is 5.41. The molecule has 2 saturated heterocycles. The molecule has 4 rings (SSSR count). The molecular formula is C22H29N5O2. The van der Waals surface area contributed by atoms with Crippen LogP contribution in [0, 0.1) is 5.41 Å². The molecule has 1 N–H and O–H groups in total. The minimum absolute atomic E-state index is 0.0368. The first-order valence-corrected chi connectivity index (χ1v) is 10.3. The van der Waals surface area contributed by atoms with Crippen molar-refractivity contribution < 1.29 is 9.59 Å². The summed E-state index contributed by atoms with van der Waals surface area (Å²) in [5.41, 5.74) is 1.12. The molecule has 29 heavy (non-hydrogen) atoms. The highest BCUT2D eigenvalue weighted by Gasteiger charge is 2.53. The van der Waals surface area contributed by atoms with Crippen LogP contribution in [0.5, 0.6) is 0 Å². The van der Waals surface area contributed by atoms with Crippen molar-refractivity contribution in [3.63, 3.8) is 0 Å². The van der Waals surface area contributed by atoms with Gasteiger partial charge in [0.25, 0.3) is 5.91 Å². The van der Waals surface area contributed by atoms with Crippen molar-refractivity contribution in [3.8, 4) is 0 Å². The van der Waals surface area contributed by atoms with E-state index < -0.39 is 5.41 Å². The Labute approximate surface area is 171 Å². The number of rotatable bonds is 4. The molecule has 0 aliphatic carbocycles. The molecule has 0 unspecified atom stereocenters. The van der Waals surface area contributed by atoms with E-state index in [-0.39, 0.29) is 17.9 Å². The molecule has 2 atom stereocenters. The summed E-state index contributed by atoms with van der Waals surface area (Å²) in [7, 11) is 3.89. The lowest BCUT2D eigenvalue weighted by Gasteiger charge is -2.53. The van der Waals surface area contributed by atoms with E-state index in [0.29, 0.717) is 25.3 Å². The molecule has 0 saturated carbocycles. The number of likely N-dealkylation sites (tertiary alicyclic amines) is 2. The highest BCUT2D eigenvalue weighted by molar-refractivity contribution is 5.94. The van der Waals surface area contributed by atoms with Crippen LogP contribution >= 0.6 is 0 Å². The minimum Gasteiger partial charge on any atom is -0.351 e. The summed E-state index contributed by atoms with van der Waals surface area (Å²) in [6, 6.07) is 9.83. The summed E-state index contributed by atoms with van der Waals surface area (Å²) in [5.74, 6) is 0.0344. The largest absolute Gasteiger partial charge is 0.351 e. The van der Waals surface area contributed by atoms with Crippen molar-refractivity contribution in [1.82, 2.24) is 24.7 Å². The van der Waals surface area contributed by atoms with Crippen LogP contribution in [0.1, 0.15) is 35.3 Å². The zero-order valence-corrected chi connectivity index (χ0v) is 17.2. The monoisotopic (exact) mass is 395 g/mol. The molecular weight excluding hydrogens is 366 g/mol. The Morgan fingerprint density at radius 3 is 2.69 bits per heavy atom. The Hall–Kier alpha value is -2.67. The predicted octanol–water partition coefficient (Wildman–Crippen LogP) is 1.66. The molecule has 1 aromatic heterocycles. The smallest absolute Gasteiger partial charge is 0.272 e. The zero-order valence-electron chi connectivity index (χ0n) is 17.2. The van der Waals surface area contributed by atoms with Gasteiger partial charge in [0.05, 0.1) is 24.0 Å². The number of fused-ring (bicyclic) bond motifs is 1. The highest BCUT2D eigenvalue weighted by Crippen LogP contribution is 2.43. The Morgan fingerprint density at radius 1 is 1.17 bits per heavy atom. The molecule has 2 aliphatic heterocycles. The molecule has 0 radical (unpaired) electrons. The number of likely N-dealkylation sites (N-methyl/N-ethyl adjacent to an activating group) is 1. The molecule has 2 fully saturated rings. The van der Waals surface area contributed by atoms with E-state index in [4.69, 9.17) is 0 Å². The number of aromatic nitrogens is 2. The predicted molar refractivity (Wildman–Crippen MR) is 110 cm³/mol. The van der Waals surface area contributed by atoms with Crippen molar-refractivity contribution in [1.29, 1.82) is 0 Å². The number of imidazole rings is 1. The third-order valence-electron chi connectivity index (χ3n) is 6.51. The molecule has 7 heteroatoms. The molecule has 154 valence electrons. The number of nitrogens with zero attached hydrogens (tertiary/aromatic N) is 4. The summed E-state index contributed by atoms with van der Waals surface area (Å²) in [4.78, 5) is 35.0. The van der Waals surface area contributed by atoms with Crippen LogP contribution in [-0.4, -0.2) is 63.9 Å². The quantitative estimate of drug-likeness (QED) is 0.855. The molecule has 0 spiro atoms. The van der Waals surface area contributed by atoms with Gasteiger partial charge in [-0.3, -0.25) is 9.59 Å². The van der Waals surface area contributed by atoms with Gasteiger partial charge in [0, 0.05) is 26.7 Å². The number of hydrogen-bond donors (Lipinski definition) is 1. The first-order valence-electron chi connectivity index (χ1n) is 10.3. The van der Waals surface area contributed by atoms with E-state index >= 15 is 0 Å². The lowest BCUT2D eigenvalue weighted by molar-refractivity contribution is -0.142. The van der Waals surface area contributed by atoms with Gasteiger partial charge in [-0.2, -0.15) is 0 Å². The number of carbonyl (C=O) groups is 2. The maximum atomic E-state index is 13.5. The van der Waals surface area contributed by atoms with Gasteiger partial charge in [-0.25, -0.2) is 4.98 Å². The van der Waals surface area contributed by atoms with Crippen molar-refractivity contribution in [3.05, 3.63) is 54.1 Å². The van der Waals surface area contributed by atoms with Crippen molar-refractivity contribution in [2.45, 2.75) is 31.8 Å². The number of amides is 2. The average Bonchev–Trinajstić information content (AvgIpc) is 3.17. The third kappa shape index (κ3) is 3.67. The van der Waals surface area contributed by atoms with E-state index in [9.17, 15) is 9.59 Å². The van der Waals surface area contributed by atoms with Crippen LogP contribution in [0.2, 0.25) is 0 Å². The Morgan fingerprint density at radius 2 is 1.97 bits per heavy atom. The second-order valence-electron chi connectivity index (χ2n) is 8.34. The topological polar surface area (TPSA) is 70.5 Å². The average molecular weight is 396 g/mol. The van der Waals surface area contributed by atoms with Crippen molar-refractivity contribution >= 4 is 11.8 Å². The lowest BCUT2D eigenvalue weighted by atomic mass is 9.67. The van der Waals surface area contributed by atoms with Crippen LogP contribution in [0.4, 0.5) is 0 Å². The van der Waals surface area contributed by atoms with Crippen LogP contribution in [-0.2, 0) is 18.4 Å². The molecule has 2 amide bonds. The summed E-state index contributed by atoms with van der Waals surface area (Å²) in [6.07, 6.45) is 5.68. The normalized spacial score (nSPS) is 24.8. The first-order chi connectivity index (χ1) is 14.0. The molecule has 2 aromatic rings. The van der Waals surface area contributed by atoms with Gasteiger partial charge >= 0.3 is 0 Å². The molecule has 3 heterocycles. The molecule has 7 nitrogen and oxygen atoms in total. The fraction of sp³-hybridized carbons (Fsp3) is 0.500. The van der Waals surface area contributed by atoms with Crippen LogP contribution in [0.3, 0.4) is 0 Å². The van der Waals surface area contributed by atoms with Gasteiger partial charge in [-0.1, -0.05) is 30.3 Å². The number of nitrogens with one attached hydrogen (secondary N) is 1. The van der Waals surface area contributed by atoms with E-state index in [1.807, 2.05) is 42.3 Å². The minimum atomic E-state index is -0.534. The van der Waals surface area contributed by atoms with Gasteiger partial charge in [0.1, 0.15) is 5.69 Å². The van der Waals surface area contributed by atoms with E-state index in [1.165, 1.54) is 0 Å². The van der Waals surface area contributed by atoms with Crippen LogP contribution < -0.4 is 5.32 Å². The standard InChI is InChI=1S/C22H29N5O2/c1-25-12-10-22(21(29)24-13-17-7-4-3-5-8-17)9-6-11-27(19(22)15-25)20(28)18-14-23-16-26(18)2/h3-5,7-8,14,16,19H,6,9-13,15H2,1-2H3,(H,24,29)/t19-,22+/m0/s1. The van der Waals surface area contributed by atoms with Crippen LogP contribution in [0.25, 0.3) is 0 Å². The number of piperidine rings is 2. The van der Waals surface area contributed by atoms with E-state index in [2.05, 4.69) is 22.2 Å². The fourth-order valence-electron chi connectivity index (χ4n) is 4.81. The molecule has 2 aliphatic rings. The Balaban J connectivity index is 1.58.